The molecule has 10 nitrogen and oxygen atoms in total. The SMILES string of the molecule is CCCCCCCOC(=O)Nc1ccn([C@@H]2O[C@H](COC(=O)CCc3ccccc3)[C@@H](O)C2(F)F)c(=O)n1. The van der Waals surface area contributed by atoms with E-state index in [0.717, 1.165) is 43.5 Å². The molecule has 2 N–H and O–H groups in total. The Morgan fingerprint density at radius 1 is 1.13 bits per heavy atom. The molecule has 2 heterocycles. The van der Waals surface area contributed by atoms with Crippen molar-refractivity contribution in [2.75, 3.05) is 18.5 Å². The quantitative estimate of drug-likeness (QED) is 0.291. The van der Waals surface area contributed by atoms with Gasteiger partial charge in [0.2, 0.25) is 6.23 Å². The number of aryl methyl sites for hydroxylation is 1. The molecule has 38 heavy (non-hydrogen) atoms. The summed E-state index contributed by atoms with van der Waals surface area (Å²) in [5.74, 6) is -4.70. The van der Waals surface area contributed by atoms with Gasteiger partial charge in [-0.25, -0.2) is 9.59 Å². The maximum absolute atomic E-state index is 14.8. The lowest BCUT2D eigenvalue weighted by Gasteiger charge is -2.21. The molecule has 1 aromatic heterocycles. The van der Waals surface area contributed by atoms with Gasteiger partial charge in [-0.05, 0) is 24.5 Å². The fourth-order valence-corrected chi connectivity index (χ4v) is 3.92. The van der Waals surface area contributed by atoms with E-state index in [9.17, 15) is 28.3 Å². The predicted octanol–water partition coefficient (Wildman–Crippen LogP) is 3.83. The molecule has 3 atom stereocenters. The van der Waals surface area contributed by atoms with Crippen LogP contribution in [-0.2, 0) is 25.4 Å². The molecule has 1 aliphatic heterocycles. The summed E-state index contributed by atoms with van der Waals surface area (Å²) in [5, 5.41) is 12.4. The monoisotopic (exact) mass is 537 g/mol. The number of aliphatic hydroxyl groups is 1. The van der Waals surface area contributed by atoms with E-state index in [4.69, 9.17) is 14.2 Å². The van der Waals surface area contributed by atoms with Crippen molar-refractivity contribution in [1.29, 1.82) is 0 Å². The summed E-state index contributed by atoms with van der Waals surface area (Å²) in [6.07, 6.45) is -0.645. The molecule has 1 aromatic carbocycles. The molecule has 12 heteroatoms. The Bertz CT molecular complexity index is 1110. The summed E-state index contributed by atoms with van der Waals surface area (Å²) in [4.78, 5) is 40.0. The number of esters is 1. The fourth-order valence-electron chi connectivity index (χ4n) is 3.92. The number of nitrogens with zero attached hydrogens (tertiary/aromatic N) is 2. The van der Waals surface area contributed by atoms with E-state index in [0.29, 0.717) is 17.4 Å². The number of halogens is 2. The minimum atomic E-state index is -3.88. The number of hydrogen-bond acceptors (Lipinski definition) is 8. The van der Waals surface area contributed by atoms with Crippen molar-refractivity contribution in [3.8, 4) is 0 Å². The van der Waals surface area contributed by atoms with Crippen molar-refractivity contribution in [2.24, 2.45) is 0 Å². The number of nitrogens with one attached hydrogen (secondary N) is 1. The Balaban J connectivity index is 1.52. The second-order valence-electron chi connectivity index (χ2n) is 8.99. The van der Waals surface area contributed by atoms with Gasteiger partial charge in [-0.3, -0.25) is 14.7 Å². The fraction of sp³-hybridized carbons (Fsp3) is 0.538. The van der Waals surface area contributed by atoms with Crippen LogP contribution >= 0.6 is 0 Å². The number of hydrogen-bond donors (Lipinski definition) is 2. The zero-order valence-electron chi connectivity index (χ0n) is 21.2. The van der Waals surface area contributed by atoms with Crippen molar-refractivity contribution < 1.29 is 37.7 Å². The Morgan fingerprint density at radius 3 is 2.58 bits per heavy atom. The molecule has 2 aromatic rings. The molecule has 0 spiro atoms. The highest BCUT2D eigenvalue weighted by atomic mass is 19.3. The standard InChI is InChI=1S/C26H33F2N3O7/c1-2-3-4-5-9-16-36-25(35)30-20-14-15-31(24(34)29-20)23-26(27,28)22(33)19(38-23)17-37-21(32)13-12-18-10-7-6-8-11-18/h6-8,10-11,14-15,19,22-23,33H,2-5,9,12-13,16-17H2,1H3,(H,29,30,34,35)/t19-,22-,23-/m1/s1. The molecular weight excluding hydrogens is 504 g/mol. The summed E-state index contributed by atoms with van der Waals surface area (Å²) >= 11 is 0. The van der Waals surface area contributed by atoms with E-state index in [2.05, 4.69) is 17.2 Å². The summed E-state index contributed by atoms with van der Waals surface area (Å²) in [7, 11) is 0. The number of aliphatic hydroxyl groups excluding tert-OH is 1. The van der Waals surface area contributed by atoms with Crippen LogP contribution in [0.1, 0.15) is 57.2 Å². The lowest BCUT2D eigenvalue weighted by Crippen LogP contribution is -2.42. The number of carbonyl (C=O) groups excluding carboxylic acids is 2. The summed E-state index contributed by atoms with van der Waals surface area (Å²) in [5.41, 5.74) is -0.228. The largest absolute Gasteiger partial charge is 0.463 e. The number of alkyl halides is 2. The third kappa shape index (κ3) is 8.06. The second kappa shape index (κ2) is 14.0. The predicted molar refractivity (Wildman–Crippen MR) is 133 cm³/mol. The van der Waals surface area contributed by atoms with Crippen LogP contribution in [0.15, 0.2) is 47.4 Å². The third-order valence-corrected chi connectivity index (χ3v) is 6.04. The Hall–Kier alpha value is -3.38. The zero-order chi connectivity index (χ0) is 27.5. The van der Waals surface area contributed by atoms with Gasteiger partial charge in [-0.15, -0.1) is 0 Å². The first-order chi connectivity index (χ1) is 18.2. The van der Waals surface area contributed by atoms with Crippen LogP contribution in [0.5, 0.6) is 0 Å². The summed E-state index contributed by atoms with van der Waals surface area (Å²) < 4.78 is 45.3. The molecular formula is C26H33F2N3O7. The number of amides is 1. The van der Waals surface area contributed by atoms with Crippen molar-refractivity contribution in [3.05, 3.63) is 58.6 Å². The van der Waals surface area contributed by atoms with E-state index in [1.807, 2.05) is 30.3 Å². The van der Waals surface area contributed by atoms with Gasteiger partial charge in [-0.1, -0.05) is 62.9 Å². The number of carbonyl (C=O) groups is 2. The minimum Gasteiger partial charge on any atom is -0.463 e. The Labute approximate surface area is 218 Å². The molecule has 0 unspecified atom stereocenters. The number of benzene rings is 1. The van der Waals surface area contributed by atoms with Gasteiger partial charge < -0.3 is 19.3 Å². The topological polar surface area (TPSA) is 129 Å². The van der Waals surface area contributed by atoms with Gasteiger partial charge in [0.1, 0.15) is 18.5 Å². The molecule has 0 bridgehead atoms. The molecule has 0 aliphatic carbocycles. The number of unbranched alkanes of at least 4 members (excludes halogenated alkanes) is 4. The van der Waals surface area contributed by atoms with Crippen LogP contribution in [0.25, 0.3) is 0 Å². The first-order valence-corrected chi connectivity index (χ1v) is 12.7. The smallest absolute Gasteiger partial charge is 0.412 e. The Kier molecular flexibility index (Phi) is 10.7. The molecule has 3 rings (SSSR count). The van der Waals surface area contributed by atoms with Crippen LogP contribution in [-0.4, -0.2) is 58.1 Å². The van der Waals surface area contributed by atoms with Crippen molar-refractivity contribution in [2.45, 2.75) is 76.2 Å². The maximum Gasteiger partial charge on any atom is 0.412 e. The molecule has 1 saturated heterocycles. The minimum absolute atomic E-state index is 0.0196. The van der Waals surface area contributed by atoms with Crippen LogP contribution in [0, 0.1) is 0 Å². The summed E-state index contributed by atoms with van der Waals surface area (Å²) in [6.45, 7) is 1.68. The van der Waals surface area contributed by atoms with Gasteiger partial charge in [0.05, 0.1) is 6.61 Å². The maximum atomic E-state index is 14.8. The molecule has 1 amide bonds. The third-order valence-electron chi connectivity index (χ3n) is 6.04. The number of rotatable bonds is 13. The Morgan fingerprint density at radius 2 is 1.87 bits per heavy atom. The number of aromatic nitrogens is 2. The van der Waals surface area contributed by atoms with Crippen molar-refractivity contribution in [3.63, 3.8) is 0 Å². The normalized spacial score (nSPS) is 20.2. The van der Waals surface area contributed by atoms with E-state index in [-0.39, 0.29) is 18.8 Å². The molecule has 1 aliphatic rings. The highest BCUT2D eigenvalue weighted by Gasteiger charge is 2.60. The number of ether oxygens (including phenoxy) is 3. The van der Waals surface area contributed by atoms with Crippen molar-refractivity contribution >= 4 is 17.9 Å². The first-order valence-electron chi connectivity index (χ1n) is 12.7. The summed E-state index contributed by atoms with van der Waals surface area (Å²) in [6, 6.07) is 10.3. The lowest BCUT2D eigenvalue weighted by molar-refractivity contribution is -0.150. The molecule has 0 radical (unpaired) electrons. The van der Waals surface area contributed by atoms with Gasteiger partial charge in [0.15, 0.2) is 6.10 Å². The van der Waals surface area contributed by atoms with Gasteiger partial charge in [0, 0.05) is 12.6 Å². The highest BCUT2D eigenvalue weighted by molar-refractivity contribution is 5.83. The van der Waals surface area contributed by atoms with E-state index < -0.39 is 48.7 Å². The van der Waals surface area contributed by atoms with Crippen LogP contribution in [0.3, 0.4) is 0 Å². The van der Waals surface area contributed by atoms with E-state index in [1.165, 1.54) is 0 Å². The molecule has 1 fully saturated rings. The highest BCUT2D eigenvalue weighted by Crippen LogP contribution is 2.42. The van der Waals surface area contributed by atoms with Crippen molar-refractivity contribution in [1.82, 2.24) is 9.55 Å². The van der Waals surface area contributed by atoms with E-state index >= 15 is 0 Å². The zero-order valence-corrected chi connectivity index (χ0v) is 21.2. The van der Waals surface area contributed by atoms with E-state index in [1.54, 1.807) is 0 Å². The second-order valence-corrected chi connectivity index (χ2v) is 8.99. The van der Waals surface area contributed by atoms with Gasteiger partial charge >= 0.3 is 23.7 Å². The van der Waals surface area contributed by atoms with Crippen LogP contribution in [0.4, 0.5) is 19.4 Å². The van der Waals surface area contributed by atoms with Gasteiger partial charge in [0.25, 0.3) is 0 Å². The molecule has 208 valence electrons. The van der Waals surface area contributed by atoms with Crippen LogP contribution in [0.2, 0.25) is 0 Å². The van der Waals surface area contributed by atoms with Crippen LogP contribution < -0.4 is 11.0 Å². The molecule has 0 saturated carbocycles. The first kappa shape index (κ1) is 29.2. The average Bonchev–Trinajstić information content (AvgIpc) is 3.12. The number of anilines is 1. The lowest BCUT2D eigenvalue weighted by atomic mass is 10.1. The average molecular weight is 538 g/mol. The van der Waals surface area contributed by atoms with Gasteiger partial charge in [-0.2, -0.15) is 13.8 Å².